The van der Waals surface area contributed by atoms with Gasteiger partial charge < -0.3 is 10.1 Å². The third-order valence-corrected chi connectivity index (χ3v) is 2.74. The van der Waals surface area contributed by atoms with E-state index in [9.17, 15) is 0 Å². The van der Waals surface area contributed by atoms with Crippen LogP contribution in [0.5, 0.6) is 5.75 Å². The van der Waals surface area contributed by atoms with E-state index in [0.717, 1.165) is 12.2 Å². The Morgan fingerprint density at radius 1 is 1.33 bits per heavy atom. The molecule has 0 saturated carbocycles. The molecule has 2 heteroatoms. The normalized spacial score (nSPS) is 14.7. The Balaban J connectivity index is 2.68. The van der Waals surface area contributed by atoms with E-state index in [2.05, 4.69) is 38.2 Å². The Labute approximate surface area is 92.6 Å². The predicted molar refractivity (Wildman–Crippen MR) is 64.3 cm³/mol. The molecule has 15 heavy (non-hydrogen) atoms. The van der Waals surface area contributed by atoms with Crippen LogP contribution in [0.3, 0.4) is 0 Å². The van der Waals surface area contributed by atoms with Crippen molar-refractivity contribution in [3.63, 3.8) is 0 Å². The summed E-state index contributed by atoms with van der Waals surface area (Å²) in [6.45, 7) is 6.58. The van der Waals surface area contributed by atoms with Crippen molar-refractivity contribution in [2.75, 3.05) is 7.11 Å². The largest absolute Gasteiger partial charge is 0.497 e. The number of nitrogens with one attached hydrogen (secondary N) is 1. The molecule has 1 aromatic carbocycles. The highest BCUT2D eigenvalue weighted by Crippen LogP contribution is 2.19. The molecule has 0 aliphatic heterocycles. The minimum absolute atomic E-state index is 0.370. The van der Waals surface area contributed by atoms with Crippen LogP contribution >= 0.6 is 0 Å². The number of methoxy groups -OCH3 is 1. The summed E-state index contributed by atoms with van der Waals surface area (Å²) >= 11 is 0. The lowest BCUT2D eigenvalue weighted by atomic mass is 10.1. The van der Waals surface area contributed by atoms with Crippen LogP contribution in [-0.2, 0) is 0 Å². The molecule has 0 bridgehead atoms. The molecule has 0 aliphatic carbocycles. The summed E-state index contributed by atoms with van der Waals surface area (Å²) in [6.07, 6.45) is 1.15. The van der Waals surface area contributed by atoms with Crippen LogP contribution in [0.15, 0.2) is 24.3 Å². The predicted octanol–water partition coefficient (Wildman–Crippen LogP) is 3.14. The quantitative estimate of drug-likeness (QED) is 0.801. The molecule has 0 heterocycles. The van der Waals surface area contributed by atoms with Crippen LogP contribution in [0.2, 0.25) is 0 Å². The van der Waals surface area contributed by atoms with E-state index in [0.29, 0.717) is 12.1 Å². The van der Waals surface area contributed by atoms with Gasteiger partial charge in [0.25, 0.3) is 0 Å². The summed E-state index contributed by atoms with van der Waals surface area (Å²) < 4.78 is 5.21. The second-order valence-electron chi connectivity index (χ2n) is 3.97. The zero-order chi connectivity index (χ0) is 11.3. The van der Waals surface area contributed by atoms with Gasteiger partial charge in [-0.15, -0.1) is 0 Å². The highest BCUT2D eigenvalue weighted by atomic mass is 16.5. The van der Waals surface area contributed by atoms with Gasteiger partial charge in [-0.3, -0.25) is 0 Å². The molecule has 2 atom stereocenters. The summed E-state index contributed by atoms with van der Waals surface area (Å²) in [6, 6.07) is 9.13. The van der Waals surface area contributed by atoms with E-state index in [1.54, 1.807) is 7.11 Å². The van der Waals surface area contributed by atoms with Gasteiger partial charge in [0.05, 0.1) is 7.11 Å². The summed E-state index contributed by atoms with van der Waals surface area (Å²) in [5.74, 6) is 0.922. The van der Waals surface area contributed by atoms with Gasteiger partial charge in [-0.25, -0.2) is 0 Å². The van der Waals surface area contributed by atoms with Crippen molar-refractivity contribution in [2.24, 2.45) is 0 Å². The third-order valence-electron chi connectivity index (χ3n) is 2.74. The monoisotopic (exact) mass is 207 g/mol. The Morgan fingerprint density at radius 3 is 2.67 bits per heavy atom. The minimum Gasteiger partial charge on any atom is -0.497 e. The van der Waals surface area contributed by atoms with Crippen molar-refractivity contribution in [1.82, 2.24) is 5.32 Å². The minimum atomic E-state index is 0.370. The number of hydrogen-bond donors (Lipinski definition) is 1. The van der Waals surface area contributed by atoms with Gasteiger partial charge in [0.15, 0.2) is 0 Å². The molecule has 0 spiro atoms. The molecular weight excluding hydrogens is 186 g/mol. The lowest BCUT2D eigenvalue weighted by molar-refractivity contribution is 0.412. The second-order valence-corrected chi connectivity index (χ2v) is 3.97. The summed E-state index contributed by atoms with van der Waals surface area (Å²) in [7, 11) is 1.70. The van der Waals surface area contributed by atoms with E-state index in [1.165, 1.54) is 5.56 Å². The van der Waals surface area contributed by atoms with Crippen molar-refractivity contribution in [2.45, 2.75) is 39.3 Å². The molecule has 1 N–H and O–H groups in total. The smallest absolute Gasteiger partial charge is 0.119 e. The van der Waals surface area contributed by atoms with Gasteiger partial charge in [0.1, 0.15) is 5.75 Å². The van der Waals surface area contributed by atoms with E-state index < -0.39 is 0 Å². The highest BCUT2D eigenvalue weighted by molar-refractivity contribution is 5.30. The fourth-order valence-corrected chi connectivity index (χ4v) is 1.55. The Morgan fingerprint density at radius 2 is 2.07 bits per heavy atom. The summed E-state index contributed by atoms with van der Waals surface area (Å²) in [5, 5.41) is 3.54. The van der Waals surface area contributed by atoms with E-state index in [4.69, 9.17) is 4.74 Å². The molecule has 0 amide bonds. The van der Waals surface area contributed by atoms with E-state index in [-0.39, 0.29) is 0 Å². The van der Waals surface area contributed by atoms with E-state index in [1.807, 2.05) is 12.1 Å². The second kappa shape index (κ2) is 5.76. The SMILES string of the molecule is CC[C@H](C)N[C@@H](C)c1cccc(OC)c1. The molecule has 0 aromatic heterocycles. The van der Waals surface area contributed by atoms with Crippen LogP contribution in [0.1, 0.15) is 38.8 Å². The van der Waals surface area contributed by atoms with Crippen LogP contribution in [0, 0.1) is 0 Å². The molecule has 0 fully saturated rings. The summed E-state index contributed by atoms with van der Waals surface area (Å²) in [4.78, 5) is 0. The number of ether oxygens (including phenoxy) is 1. The van der Waals surface area contributed by atoms with Gasteiger partial charge >= 0.3 is 0 Å². The maximum atomic E-state index is 5.21. The molecule has 84 valence electrons. The number of hydrogen-bond acceptors (Lipinski definition) is 2. The molecule has 1 aromatic rings. The molecule has 0 unspecified atom stereocenters. The lowest BCUT2D eigenvalue weighted by Gasteiger charge is -2.19. The molecule has 0 aliphatic rings. The first-order chi connectivity index (χ1) is 7.17. The fraction of sp³-hybridized carbons (Fsp3) is 0.538. The van der Waals surface area contributed by atoms with Crippen molar-refractivity contribution in [3.8, 4) is 5.75 Å². The van der Waals surface area contributed by atoms with Crippen molar-refractivity contribution >= 4 is 0 Å². The maximum Gasteiger partial charge on any atom is 0.119 e. The van der Waals surface area contributed by atoms with Gasteiger partial charge in [-0.2, -0.15) is 0 Å². The molecule has 2 nitrogen and oxygen atoms in total. The van der Waals surface area contributed by atoms with Gasteiger partial charge in [-0.05, 0) is 38.0 Å². The Bertz CT molecular complexity index is 298. The lowest BCUT2D eigenvalue weighted by Crippen LogP contribution is -2.28. The standard InChI is InChI=1S/C13H21NO/c1-5-10(2)14-11(3)12-7-6-8-13(9-12)15-4/h6-11,14H,5H2,1-4H3/t10-,11-/m0/s1. The van der Waals surface area contributed by atoms with E-state index >= 15 is 0 Å². The maximum absolute atomic E-state index is 5.21. The first-order valence-electron chi connectivity index (χ1n) is 5.57. The number of benzene rings is 1. The first-order valence-corrected chi connectivity index (χ1v) is 5.57. The average molecular weight is 207 g/mol. The third kappa shape index (κ3) is 3.56. The van der Waals surface area contributed by atoms with Gasteiger partial charge in [0.2, 0.25) is 0 Å². The zero-order valence-electron chi connectivity index (χ0n) is 10.1. The van der Waals surface area contributed by atoms with Crippen molar-refractivity contribution in [1.29, 1.82) is 0 Å². The molecular formula is C13H21NO. The Hall–Kier alpha value is -1.02. The zero-order valence-corrected chi connectivity index (χ0v) is 10.1. The topological polar surface area (TPSA) is 21.3 Å². The summed E-state index contributed by atoms with van der Waals surface area (Å²) in [5.41, 5.74) is 1.27. The fourth-order valence-electron chi connectivity index (χ4n) is 1.55. The van der Waals surface area contributed by atoms with Crippen molar-refractivity contribution < 1.29 is 4.74 Å². The van der Waals surface area contributed by atoms with Crippen LogP contribution in [-0.4, -0.2) is 13.2 Å². The van der Waals surface area contributed by atoms with Crippen LogP contribution in [0.4, 0.5) is 0 Å². The van der Waals surface area contributed by atoms with Crippen LogP contribution in [0.25, 0.3) is 0 Å². The Kier molecular flexibility index (Phi) is 4.63. The average Bonchev–Trinajstić information content (AvgIpc) is 2.28. The van der Waals surface area contributed by atoms with Crippen LogP contribution < -0.4 is 10.1 Å². The molecule has 0 saturated heterocycles. The number of rotatable bonds is 5. The molecule has 1 rings (SSSR count). The van der Waals surface area contributed by atoms with Gasteiger partial charge in [0, 0.05) is 12.1 Å². The van der Waals surface area contributed by atoms with Crippen molar-refractivity contribution in [3.05, 3.63) is 29.8 Å². The van der Waals surface area contributed by atoms with Gasteiger partial charge in [-0.1, -0.05) is 19.1 Å². The molecule has 0 radical (unpaired) electrons. The highest BCUT2D eigenvalue weighted by Gasteiger charge is 2.08. The first kappa shape index (κ1) is 12.1.